The first-order chi connectivity index (χ1) is 21.7. The zero-order valence-corrected chi connectivity index (χ0v) is 27.5. The lowest BCUT2D eigenvalue weighted by molar-refractivity contribution is -0.132. The summed E-state index contributed by atoms with van der Waals surface area (Å²) in [6.07, 6.45) is 0.863. The van der Waals surface area contributed by atoms with Crippen LogP contribution in [0.15, 0.2) is 76.6 Å². The fourth-order valence-corrected chi connectivity index (χ4v) is 6.66. The molecule has 234 valence electrons. The Hall–Kier alpha value is -4.06. The predicted molar refractivity (Wildman–Crippen MR) is 177 cm³/mol. The van der Waals surface area contributed by atoms with Crippen molar-refractivity contribution in [1.82, 2.24) is 10.2 Å². The number of carbonyl (C=O) groups is 2. The summed E-state index contributed by atoms with van der Waals surface area (Å²) in [5, 5.41) is 21.0. The van der Waals surface area contributed by atoms with Gasteiger partial charge >= 0.3 is 5.91 Å². The van der Waals surface area contributed by atoms with E-state index >= 15 is 0 Å². The molecule has 1 N–H and O–H groups in total. The van der Waals surface area contributed by atoms with Crippen molar-refractivity contribution in [1.29, 1.82) is 0 Å². The van der Waals surface area contributed by atoms with Crippen LogP contribution in [0.25, 0.3) is 5.76 Å². The number of thioether (sulfide) groups is 1. The highest BCUT2D eigenvalue weighted by molar-refractivity contribution is 8.00. The van der Waals surface area contributed by atoms with Gasteiger partial charge in [-0.3, -0.25) is 14.5 Å². The van der Waals surface area contributed by atoms with Crippen molar-refractivity contribution >= 4 is 57.3 Å². The molecular weight excluding hydrogens is 634 g/mol. The molecule has 1 aromatic heterocycles. The third-order valence-electron chi connectivity index (χ3n) is 7.14. The number of anilines is 1. The largest absolute Gasteiger partial charge is 0.507 e. The lowest BCUT2D eigenvalue weighted by Gasteiger charge is -2.23. The van der Waals surface area contributed by atoms with Crippen molar-refractivity contribution in [2.24, 2.45) is 5.92 Å². The molecule has 1 saturated heterocycles. The van der Waals surface area contributed by atoms with Gasteiger partial charge in [-0.25, -0.2) is 0 Å². The molecule has 12 heteroatoms. The molecule has 1 amide bonds. The number of aliphatic hydroxyl groups excluding tert-OH is 1. The summed E-state index contributed by atoms with van der Waals surface area (Å²) in [6.45, 7) is 4.74. The molecule has 0 radical (unpaired) electrons. The van der Waals surface area contributed by atoms with E-state index in [-0.39, 0.29) is 16.5 Å². The van der Waals surface area contributed by atoms with Crippen LogP contribution in [0.2, 0.25) is 5.02 Å². The molecule has 4 aromatic rings. The summed E-state index contributed by atoms with van der Waals surface area (Å²) < 4.78 is 17.5. The van der Waals surface area contributed by atoms with Crippen molar-refractivity contribution in [2.75, 3.05) is 25.7 Å². The standard InChI is InChI=1S/C33H32ClN3O6S2/c1-19(2)15-16-43-25-14-9-22(17-26(25)42-4)28-27(29(38)21-7-12-24(41-3)13-8-21)30(39)31(40)37(28)32-35-36-33(45-32)44-18-20-5-10-23(34)11-6-20/h5-14,17,19,28,38H,15-16,18H2,1-4H3/b29-27-. The molecule has 0 aliphatic carbocycles. The molecule has 1 aliphatic heterocycles. The maximum Gasteiger partial charge on any atom is 0.301 e. The molecule has 45 heavy (non-hydrogen) atoms. The van der Waals surface area contributed by atoms with Crippen molar-refractivity contribution in [3.05, 3.63) is 94.0 Å². The van der Waals surface area contributed by atoms with Crippen LogP contribution in [0.4, 0.5) is 5.13 Å². The third-order valence-corrected chi connectivity index (χ3v) is 9.52. The van der Waals surface area contributed by atoms with Gasteiger partial charge in [-0.2, -0.15) is 0 Å². The fourth-order valence-electron chi connectivity index (χ4n) is 4.71. The van der Waals surface area contributed by atoms with Gasteiger partial charge in [0.15, 0.2) is 15.8 Å². The molecule has 1 fully saturated rings. The SMILES string of the molecule is COc1ccc(/C(O)=C2/C(=O)C(=O)N(c3nnc(SCc4ccc(Cl)cc4)s3)C2c2ccc(OCCC(C)C)c(OC)c2)cc1. The summed E-state index contributed by atoms with van der Waals surface area (Å²) in [4.78, 5) is 28.6. The fraction of sp³-hybridized carbons (Fsp3) is 0.273. The minimum atomic E-state index is -1.01. The van der Waals surface area contributed by atoms with E-state index in [9.17, 15) is 14.7 Å². The summed E-state index contributed by atoms with van der Waals surface area (Å²) in [5.41, 5.74) is 1.86. The molecule has 1 unspecified atom stereocenters. The quantitative estimate of drug-likeness (QED) is 0.0539. The van der Waals surface area contributed by atoms with Crippen molar-refractivity contribution < 1.29 is 28.9 Å². The first-order valence-corrected chi connectivity index (χ1v) is 16.3. The number of Topliss-reactive ketones (excluding diaryl/α,β-unsaturated/α-hetero) is 1. The Morgan fingerprint density at radius 3 is 2.40 bits per heavy atom. The number of aliphatic hydroxyl groups is 1. The number of aromatic nitrogens is 2. The zero-order valence-electron chi connectivity index (χ0n) is 25.2. The summed E-state index contributed by atoms with van der Waals surface area (Å²) in [7, 11) is 3.06. The van der Waals surface area contributed by atoms with Crippen LogP contribution in [-0.4, -0.2) is 47.8 Å². The highest BCUT2D eigenvalue weighted by Gasteiger charge is 2.48. The topological polar surface area (TPSA) is 111 Å². The van der Waals surface area contributed by atoms with E-state index in [0.29, 0.717) is 56.0 Å². The predicted octanol–water partition coefficient (Wildman–Crippen LogP) is 7.55. The summed E-state index contributed by atoms with van der Waals surface area (Å²) >= 11 is 8.65. The summed E-state index contributed by atoms with van der Waals surface area (Å²) in [6, 6.07) is 18.3. The Balaban J connectivity index is 1.54. The molecule has 5 rings (SSSR count). The zero-order chi connectivity index (χ0) is 32.1. The second-order valence-electron chi connectivity index (χ2n) is 10.6. The Bertz CT molecular complexity index is 1710. The number of ether oxygens (including phenoxy) is 3. The van der Waals surface area contributed by atoms with Crippen LogP contribution in [0.5, 0.6) is 17.2 Å². The third kappa shape index (κ3) is 7.27. The molecule has 3 aromatic carbocycles. The van der Waals surface area contributed by atoms with E-state index in [0.717, 1.165) is 12.0 Å². The maximum absolute atomic E-state index is 13.7. The number of benzene rings is 3. The van der Waals surface area contributed by atoms with E-state index in [1.165, 1.54) is 42.2 Å². The van der Waals surface area contributed by atoms with Gasteiger partial charge in [0.25, 0.3) is 5.78 Å². The van der Waals surface area contributed by atoms with Gasteiger partial charge in [-0.1, -0.05) is 66.7 Å². The van der Waals surface area contributed by atoms with Gasteiger partial charge in [0.2, 0.25) is 5.13 Å². The van der Waals surface area contributed by atoms with E-state index < -0.39 is 17.7 Å². The number of carbonyl (C=O) groups excluding carboxylic acids is 2. The van der Waals surface area contributed by atoms with Crippen LogP contribution in [0.3, 0.4) is 0 Å². The number of hydrogen-bond donors (Lipinski definition) is 1. The molecule has 1 aliphatic rings. The molecule has 0 bridgehead atoms. The number of halogens is 1. The Morgan fingerprint density at radius 2 is 1.73 bits per heavy atom. The van der Waals surface area contributed by atoms with Crippen LogP contribution in [-0.2, 0) is 15.3 Å². The number of methoxy groups -OCH3 is 2. The minimum Gasteiger partial charge on any atom is -0.507 e. The number of ketones is 1. The van der Waals surface area contributed by atoms with Gasteiger partial charge < -0.3 is 19.3 Å². The first kappa shape index (κ1) is 32.3. The Morgan fingerprint density at radius 1 is 1.00 bits per heavy atom. The molecular formula is C33H32ClN3O6S2. The van der Waals surface area contributed by atoms with Crippen molar-refractivity contribution in [3.63, 3.8) is 0 Å². The van der Waals surface area contributed by atoms with Crippen LogP contribution >= 0.6 is 34.7 Å². The number of hydrogen-bond acceptors (Lipinski definition) is 10. The average molecular weight is 666 g/mol. The number of rotatable bonds is 12. The molecule has 1 atom stereocenters. The summed E-state index contributed by atoms with van der Waals surface area (Å²) in [5.74, 6) is 0.649. The molecule has 0 spiro atoms. The van der Waals surface area contributed by atoms with Crippen LogP contribution in [0, 0.1) is 5.92 Å². The lowest BCUT2D eigenvalue weighted by atomic mass is 9.95. The highest BCUT2D eigenvalue weighted by Crippen LogP contribution is 2.45. The van der Waals surface area contributed by atoms with Gasteiger partial charge in [0.1, 0.15) is 11.5 Å². The second-order valence-corrected chi connectivity index (χ2v) is 13.2. The molecule has 0 saturated carbocycles. The van der Waals surface area contributed by atoms with Crippen LogP contribution < -0.4 is 19.1 Å². The molecule has 2 heterocycles. The average Bonchev–Trinajstić information content (AvgIpc) is 3.62. The van der Waals surface area contributed by atoms with E-state index in [2.05, 4.69) is 24.0 Å². The normalized spacial score (nSPS) is 16.0. The van der Waals surface area contributed by atoms with Crippen LogP contribution in [0.1, 0.15) is 43.0 Å². The highest BCUT2D eigenvalue weighted by atomic mass is 35.5. The van der Waals surface area contributed by atoms with Gasteiger partial charge in [0, 0.05) is 16.3 Å². The monoisotopic (exact) mass is 665 g/mol. The maximum atomic E-state index is 13.7. The van der Waals surface area contributed by atoms with E-state index in [1.54, 1.807) is 42.5 Å². The van der Waals surface area contributed by atoms with Gasteiger partial charge in [0.05, 0.1) is 32.4 Å². The minimum absolute atomic E-state index is 0.0775. The van der Waals surface area contributed by atoms with Gasteiger partial charge in [-0.05, 0) is 72.0 Å². The Kier molecular flexibility index (Phi) is 10.3. The van der Waals surface area contributed by atoms with E-state index in [1.807, 2.05) is 24.3 Å². The van der Waals surface area contributed by atoms with E-state index in [4.69, 9.17) is 25.8 Å². The van der Waals surface area contributed by atoms with Crippen molar-refractivity contribution in [3.8, 4) is 17.2 Å². The smallest absolute Gasteiger partial charge is 0.301 e. The first-order valence-electron chi connectivity index (χ1n) is 14.2. The lowest BCUT2D eigenvalue weighted by Crippen LogP contribution is -2.29. The number of amides is 1. The number of nitrogens with zero attached hydrogens (tertiary/aromatic N) is 3. The second kappa shape index (κ2) is 14.4. The molecule has 9 nitrogen and oxygen atoms in total. The van der Waals surface area contributed by atoms with Gasteiger partial charge in [-0.15, -0.1) is 10.2 Å². The van der Waals surface area contributed by atoms with Crippen molar-refractivity contribution in [2.45, 2.75) is 36.4 Å². The Labute approximate surface area is 274 Å².